The first kappa shape index (κ1) is 15.0. The van der Waals surface area contributed by atoms with Gasteiger partial charge >= 0.3 is 0 Å². The monoisotopic (exact) mass is 240 g/mol. The molecule has 0 spiro atoms. The normalized spacial score (nSPS) is 28.4. The number of hydrogen-bond donors (Lipinski definition) is 1. The van der Waals surface area contributed by atoms with Crippen molar-refractivity contribution in [2.45, 2.75) is 77.9 Å². The third-order valence-electron chi connectivity index (χ3n) is 4.21. The summed E-state index contributed by atoms with van der Waals surface area (Å²) in [6, 6.07) is 1.42. The molecule has 0 amide bonds. The molecular weight excluding hydrogens is 208 g/mol. The number of nitrogens with zero attached hydrogens (tertiary/aromatic N) is 1. The molecule has 0 aromatic carbocycles. The average molecular weight is 240 g/mol. The van der Waals surface area contributed by atoms with E-state index >= 15 is 0 Å². The van der Waals surface area contributed by atoms with Crippen LogP contribution in [0, 0.1) is 5.92 Å². The van der Waals surface area contributed by atoms with Crippen molar-refractivity contribution in [1.29, 1.82) is 0 Å². The molecule has 2 heteroatoms. The molecular formula is C15H32N2. The standard InChI is InChI=1S/C15H32N2/c1-12-9-7-8-10-14(12)17(6)13(2)11-16-15(3,4)5/h12-14,16H,7-11H2,1-6H3. The molecule has 1 saturated carbocycles. The average Bonchev–Trinajstić information content (AvgIpc) is 2.24. The van der Waals surface area contributed by atoms with E-state index in [0.29, 0.717) is 6.04 Å². The van der Waals surface area contributed by atoms with Gasteiger partial charge in [-0.3, -0.25) is 4.90 Å². The van der Waals surface area contributed by atoms with Crippen molar-refractivity contribution < 1.29 is 0 Å². The van der Waals surface area contributed by atoms with E-state index in [1.54, 1.807) is 0 Å². The van der Waals surface area contributed by atoms with Gasteiger partial charge in [0.15, 0.2) is 0 Å². The Labute approximate surface area is 108 Å². The zero-order chi connectivity index (χ0) is 13.1. The molecule has 0 aromatic heterocycles. The van der Waals surface area contributed by atoms with Gasteiger partial charge in [-0.1, -0.05) is 19.8 Å². The summed E-state index contributed by atoms with van der Waals surface area (Å²) < 4.78 is 0. The van der Waals surface area contributed by atoms with Gasteiger partial charge in [0.25, 0.3) is 0 Å². The number of nitrogens with one attached hydrogen (secondary N) is 1. The Bertz CT molecular complexity index is 219. The van der Waals surface area contributed by atoms with Crippen LogP contribution in [0.1, 0.15) is 60.3 Å². The summed E-state index contributed by atoms with van der Waals surface area (Å²) in [6.45, 7) is 12.6. The van der Waals surface area contributed by atoms with E-state index in [1.165, 1.54) is 25.7 Å². The molecule has 1 aliphatic carbocycles. The fourth-order valence-corrected chi connectivity index (χ4v) is 2.83. The van der Waals surface area contributed by atoms with E-state index in [-0.39, 0.29) is 5.54 Å². The van der Waals surface area contributed by atoms with Gasteiger partial charge in [0.1, 0.15) is 0 Å². The van der Waals surface area contributed by atoms with Gasteiger partial charge in [0, 0.05) is 24.2 Å². The summed E-state index contributed by atoms with van der Waals surface area (Å²) in [6.07, 6.45) is 5.64. The molecule has 0 aromatic rings. The smallest absolute Gasteiger partial charge is 0.0192 e. The molecule has 0 aliphatic heterocycles. The molecule has 2 nitrogen and oxygen atoms in total. The lowest BCUT2D eigenvalue weighted by Crippen LogP contribution is -2.50. The first-order valence-electron chi connectivity index (χ1n) is 7.28. The molecule has 102 valence electrons. The Kier molecular flexibility index (Phi) is 5.46. The molecule has 0 saturated heterocycles. The van der Waals surface area contributed by atoms with Crippen molar-refractivity contribution in [1.82, 2.24) is 10.2 Å². The third-order valence-corrected chi connectivity index (χ3v) is 4.21. The van der Waals surface area contributed by atoms with Crippen LogP contribution in [0.5, 0.6) is 0 Å². The van der Waals surface area contributed by atoms with Crippen LogP contribution in [0.4, 0.5) is 0 Å². The Morgan fingerprint density at radius 3 is 2.35 bits per heavy atom. The zero-order valence-electron chi connectivity index (χ0n) is 12.7. The minimum atomic E-state index is 0.229. The highest BCUT2D eigenvalue weighted by Gasteiger charge is 2.27. The minimum Gasteiger partial charge on any atom is -0.311 e. The molecule has 0 bridgehead atoms. The molecule has 1 rings (SSSR count). The maximum absolute atomic E-state index is 3.61. The van der Waals surface area contributed by atoms with E-state index in [4.69, 9.17) is 0 Å². The van der Waals surface area contributed by atoms with E-state index in [2.05, 4.69) is 51.9 Å². The van der Waals surface area contributed by atoms with Crippen molar-refractivity contribution in [3.8, 4) is 0 Å². The van der Waals surface area contributed by atoms with E-state index in [0.717, 1.165) is 18.5 Å². The highest BCUT2D eigenvalue weighted by molar-refractivity contribution is 4.84. The quantitative estimate of drug-likeness (QED) is 0.811. The summed E-state index contributed by atoms with van der Waals surface area (Å²) >= 11 is 0. The molecule has 3 atom stereocenters. The van der Waals surface area contributed by atoms with Crippen molar-refractivity contribution >= 4 is 0 Å². The van der Waals surface area contributed by atoms with Gasteiger partial charge in [-0.15, -0.1) is 0 Å². The van der Waals surface area contributed by atoms with Gasteiger partial charge in [-0.05, 0) is 53.5 Å². The Balaban J connectivity index is 2.42. The zero-order valence-corrected chi connectivity index (χ0v) is 12.7. The van der Waals surface area contributed by atoms with E-state index < -0.39 is 0 Å². The predicted octanol–water partition coefficient (Wildman–Crippen LogP) is 3.27. The van der Waals surface area contributed by atoms with E-state index in [9.17, 15) is 0 Å². The van der Waals surface area contributed by atoms with Crippen LogP contribution in [-0.2, 0) is 0 Å². The lowest BCUT2D eigenvalue weighted by atomic mass is 9.84. The molecule has 0 heterocycles. The Morgan fingerprint density at radius 2 is 1.82 bits per heavy atom. The van der Waals surface area contributed by atoms with Crippen molar-refractivity contribution in [2.75, 3.05) is 13.6 Å². The summed E-state index contributed by atoms with van der Waals surface area (Å²) in [7, 11) is 2.31. The predicted molar refractivity (Wildman–Crippen MR) is 76.4 cm³/mol. The first-order valence-corrected chi connectivity index (χ1v) is 7.28. The molecule has 17 heavy (non-hydrogen) atoms. The van der Waals surface area contributed by atoms with Crippen LogP contribution in [-0.4, -0.2) is 36.1 Å². The maximum Gasteiger partial charge on any atom is 0.0192 e. The van der Waals surface area contributed by atoms with Crippen LogP contribution in [0.2, 0.25) is 0 Å². The van der Waals surface area contributed by atoms with Gasteiger partial charge in [0.05, 0.1) is 0 Å². The second-order valence-corrected chi connectivity index (χ2v) is 6.97. The number of likely N-dealkylation sites (N-methyl/N-ethyl adjacent to an activating group) is 1. The summed E-state index contributed by atoms with van der Waals surface area (Å²) in [4.78, 5) is 2.60. The molecule has 1 fully saturated rings. The van der Waals surface area contributed by atoms with E-state index in [1.807, 2.05) is 0 Å². The van der Waals surface area contributed by atoms with Crippen molar-refractivity contribution in [2.24, 2.45) is 5.92 Å². The number of hydrogen-bond acceptors (Lipinski definition) is 2. The molecule has 1 N–H and O–H groups in total. The van der Waals surface area contributed by atoms with Crippen LogP contribution < -0.4 is 5.32 Å². The fourth-order valence-electron chi connectivity index (χ4n) is 2.83. The molecule has 3 unspecified atom stereocenters. The minimum absolute atomic E-state index is 0.229. The number of rotatable bonds is 4. The topological polar surface area (TPSA) is 15.3 Å². The highest BCUT2D eigenvalue weighted by Crippen LogP contribution is 2.28. The highest BCUT2D eigenvalue weighted by atomic mass is 15.2. The summed E-state index contributed by atoms with van der Waals surface area (Å²) in [5.74, 6) is 0.867. The molecule has 0 radical (unpaired) electrons. The maximum atomic E-state index is 3.61. The van der Waals surface area contributed by atoms with Crippen LogP contribution in [0.15, 0.2) is 0 Å². The Morgan fingerprint density at radius 1 is 1.24 bits per heavy atom. The largest absolute Gasteiger partial charge is 0.311 e. The lowest BCUT2D eigenvalue weighted by Gasteiger charge is -2.40. The first-order chi connectivity index (χ1) is 7.81. The third kappa shape index (κ3) is 4.97. The SMILES string of the molecule is CC1CCCCC1N(C)C(C)CNC(C)(C)C. The van der Waals surface area contributed by atoms with Gasteiger partial charge in [0.2, 0.25) is 0 Å². The van der Waals surface area contributed by atoms with Crippen LogP contribution in [0.3, 0.4) is 0 Å². The van der Waals surface area contributed by atoms with Crippen molar-refractivity contribution in [3.05, 3.63) is 0 Å². The van der Waals surface area contributed by atoms with Gasteiger partial charge in [-0.25, -0.2) is 0 Å². The van der Waals surface area contributed by atoms with Crippen LogP contribution >= 0.6 is 0 Å². The van der Waals surface area contributed by atoms with Gasteiger partial charge < -0.3 is 5.32 Å². The Hall–Kier alpha value is -0.0800. The summed E-state index contributed by atoms with van der Waals surface area (Å²) in [5, 5.41) is 3.61. The lowest BCUT2D eigenvalue weighted by molar-refractivity contribution is 0.0996. The second kappa shape index (κ2) is 6.19. The van der Waals surface area contributed by atoms with Gasteiger partial charge in [-0.2, -0.15) is 0 Å². The fraction of sp³-hybridized carbons (Fsp3) is 1.00. The van der Waals surface area contributed by atoms with Crippen LogP contribution in [0.25, 0.3) is 0 Å². The summed E-state index contributed by atoms with van der Waals surface area (Å²) in [5.41, 5.74) is 0.229. The second-order valence-electron chi connectivity index (χ2n) is 6.97. The molecule has 1 aliphatic rings. The van der Waals surface area contributed by atoms with Crippen molar-refractivity contribution in [3.63, 3.8) is 0 Å².